The highest BCUT2D eigenvalue weighted by Crippen LogP contribution is 2.18. The van der Waals surface area contributed by atoms with Gasteiger partial charge in [-0.1, -0.05) is 24.3 Å². The van der Waals surface area contributed by atoms with Crippen molar-refractivity contribution in [2.75, 3.05) is 25.5 Å². The van der Waals surface area contributed by atoms with Gasteiger partial charge in [-0.25, -0.2) is 0 Å². The highest BCUT2D eigenvalue weighted by atomic mass is 16.5. The SMILES string of the molecule is COc1ccc(CCNCCC(=O)Nc2cccc(C)c2C)cc1. The van der Waals surface area contributed by atoms with Gasteiger partial charge in [0.1, 0.15) is 5.75 Å². The van der Waals surface area contributed by atoms with E-state index in [0.717, 1.165) is 30.0 Å². The van der Waals surface area contributed by atoms with E-state index in [9.17, 15) is 4.79 Å². The number of benzene rings is 2. The quantitative estimate of drug-likeness (QED) is 0.730. The molecule has 2 N–H and O–H groups in total. The minimum absolute atomic E-state index is 0.0423. The standard InChI is InChI=1S/C20H26N2O2/c1-15-5-4-6-19(16(15)2)22-20(23)12-14-21-13-11-17-7-9-18(24-3)10-8-17/h4-10,21H,11-14H2,1-3H3,(H,22,23). The number of anilines is 1. The molecule has 0 heterocycles. The smallest absolute Gasteiger partial charge is 0.225 e. The van der Waals surface area contributed by atoms with Gasteiger partial charge in [0.05, 0.1) is 7.11 Å². The van der Waals surface area contributed by atoms with E-state index < -0.39 is 0 Å². The Balaban J connectivity index is 1.66. The molecule has 0 aliphatic heterocycles. The third kappa shape index (κ3) is 5.39. The van der Waals surface area contributed by atoms with Crippen molar-refractivity contribution in [3.05, 3.63) is 59.2 Å². The molecule has 0 saturated heterocycles. The van der Waals surface area contributed by atoms with E-state index in [-0.39, 0.29) is 5.91 Å². The zero-order valence-corrected chi connectivity index (χ0v) is 14.7. The first-order valence-corrected chi connectivity index (χ1v) is 8.30. The van der Waals surface area contributed by atoms with Gasteiger partial charge in [0.2, 0.25) is 5.91 Å². The molecular formula is C20H26N2O2. The molecule has 0 spiro atoms. The van der Waals surface area contributed by atoms with Gasteiger partial charge in [-0.15, -0.1) is 0 Å². The Morgan fingerprint density at radius 3 is 2.50 bits per heavy atom. The van der Waals surface area contributed by atoms with Gasteiger partial charge < -0.3 is 15.4 Å². The topological polar surface area (TPSA) is 50.4 Å². The summed E-state index contributed by atoms with van der Waals surface area (Å²) in [6, 6.07) is 14.0. The Morgan fingerprint density at radius 1 is 1.04 bits per heavy atom. The molecule has 0 unspecified atom stereocenters. The summed E-state index contributed by atoms with van der Waals surface area (Å²) in [5.41, 5.74) is 4.46. The minimum atomic E-state index is 0.0423. The Labute approximate surface area is 144 Å². The van der Waals surface area contributed by atoms with Crippen molar-refractivity contribution in [1.29, 1.82) is 0 Å². The number of hydrogen-bond acceptors (Lipinski definition) is 3. The van der Waals surface area contributed by atoms with E-state index in [4.69, 9.17) is 4.74 Å². The molecule has 1 amide bonds. The van der Waals surface area contributed by atoms with Crippen molar-refractivity contribution in [3.8, 4) is 5.75 Å². The van der Waals surface area contributed by atoms with Gasteiger partial charge in [-0.05, 0) is 61.7 Å². The van der Waals surface area contributed by atoms with Crippen molar-refractivity contribution < 1.29 is 9.53 Å². The first-order chi connectivity index (χ1) is 11.6. The third-order valence-electron chi connectivity index (χ3n) is 4.16. The normalized spacial score (nSPS) is 10.5. The summed E-state index contributed by atoms with van der Waals surface area (Å²) in [5, 5.41) is 6.29. The summed E-state index contributed by atoms with van der Waals surface area (Å²) in [5.74, 6) is 0.912. The molecule has 2 aromatic carbocycles. The highest BCUT2D eigenvalue weighted by molar-refractivity contribution is 5.91. The Hall–Kier alpha value is -2.33. The van der Waals surface area contributed by atoms with E-state index in [0.29, 0.717) is 13.0 Å². The fourth-order valence-corrected chi connectivity index (χ4v) is 2.45. The molecule has 0 aliphatic carbocycles. The molecule has 24 heavy (non-hydrogen) atoms. The number of hydrogen-bond donors (Lipinski definition) is 2. The van der Waals surface area contributed by atoms with Crippen LogP contribution in [-0.4, -0.2) is 26.1 Å². The largest absolute Gasteiger partial charge is 0.497 e. The summed E-state index contributed by atoms with van der Waals surface area (Å²) >= 11 is 0. The van der Waals surface area contributed by atoms with Crippen LogP contribution in [0.25, 0.3) is 0 Å². The van der Waals surface area contributed by atoms with Crippen molar-refractivity contribution in [2.45, 2.75) is 26.7 Å². The molecule has 0 aromatic heterocycles. The first kappa shape index (κ1) is 18.0. The molecule has 0 atom stereocenters. The van der Waals surface area contributed by atoms with Gasteiger partial charge >= 0.3 is 0 Å². The van der Waals surface area contributed by atoms with Crippen molar-refractivity contribution in [2.24, 2.45) is 0 Å². The second-order valence-corrected chi connectivity index (χ2v) is 5.89. The lowest BCUT2D eigenvalue weighted by atomic mass is 10.1. The van der Waals surface area contributed by atoms with Crippen LogP contribution in [0.2, 0.25) is 0 Å². The molecule has 2 rings (SSSR count). The maximum Gasteiger partial charge on any atom is 0.225 e. The van der Waals surface area contributed by atoms with E-state index in [1.165, 1.54) is 11.1 Å². The molecule has 0 fully saturated rings. The molecule has 0 bridgehead atoms. The van der Waals surface area contributed by atoms with Gasteiger partial charge in [0.15, 0.2) is 0 Å². The minimum Gasteiger partial charge on any atom is -0.497 e. The van der Waals surface area contributed by atoms with E-state index in [1.807, 2.05) is 44.2 Å². The molecular weight excluding hydrogens is 300 g/mol. The van der Waals surface area contributed by atoms with Crippen molar-refractivity contribution >= 4 is 11.6 Å². The van der Waals surface area contributed by atoms with Crippen LogP contribution in [-0.2, 0) is 11.2 Å². The van der Waals surface area contributed by atoms with Gasteiger partial charge in [0, 0.05) is 18.7 Å². The van der Waals surface area contributed by atoms with Crippen LogP contribution in [0.3, 0.4) is 0 Å². The number of carbonyl (C=O) groups is 1. The molecule has 2 aromatic rings. The van der Waals surface area contributed by atoms with E-state index in [2.05, 4.69) is 22.8 Å². The summed E-state index contributed by atoms with van der Waals surface area (Å²) in [6.45, 7) is 5.60. The van der Waals surface area contributed by atoms with E-state index in [1.54, 1.807) is 7.11 Å². The monoisotopic (exact) mass is 326 g/mol. The Kier molecular flexibility index (Phi) is 6.82. The number of ether oxygens (including phenoxy) is 1. The number of methoxy groups -OCH3 is 1. The van der Waals surface area contributed by atoms with Crippen LogP contribution in [0.1, 0.15) is 23.1 Å². The zero-order chi connectivity index (χ0) is 17.4. The zero-order valence-electron chi connectivity index (χ0n) is 14.7. The second kappa shape index (κ2) is 9.08. The van der Waals surface area contributed by atoms with Crippen LogP contribution in [0.4, 0.5) is 5.69 Å². The average Bonchev–Trinajstić information content (AvgIpc) is 2.59. The molecule has 0 saturated carbocycles. The summed E-state index contributed by atoms with van der Waals surface area (Å²) in [7, 11) is 1.67. The van der Waals surface area contributed by atoms with Gasteiger partial charge in [-0.3, -0.25) is 4.79 Å². The van der Waals surface area contributed by atoms with Gasteiger partial charge in [-0.2, -0.15) is 0 Å². The van der Waals surface area contributed by atoms with Crippen LogP contribution >= 0.6 is 0 Å². The summed E-state index contributed by atoms with van der Waals surface area (Å²) < 4.78 is 5.14. The molecule has 0 radical (unpaired) electrons. The predicted molar refractivity (Wildman–Crippen MR) is 98.7 cm³/mol. The van der Waals surface area contributed by atoms with Crippen LogP contribution in [0.15, 0.2) is 42.5 Å². The number of amides is 1. The number of rotatable bonds is 8. The Morgan fingerprint density at radius 2 is 1.79 bits per heavy atom. The molecule has 128 valence electrons. The third-order valence-corrected chi connectivity index (χ3v) is 4.16. The van der Waals surface area contributed by atoms with Gasteiger partial charge in [0.25, 0.3) is 0 Å². The lowest BCUT2D eigenvalue weighted by molar-refractivity contribution is -0.116. The molecule has 4 heteroatoms. The van der Waals surface area contributed by atoms with Crippen LogP contribution in [0.5, 0.6) is 5.75 Å². The second-order valence-electron chi connectivity index (χ2n) is 5.89. The van der Waals surface area contributed by atoms with E-state index >= 15 is 0 Å². The fraction of sp³-hybridized carbons (Fsp3) is 0.350. The molecule has 0 aliphatic rings. The lowest BCUT2D eigenvalue weighted by Gasteiger charge is -2.10. The van der Waals surface area contributed by atoms with Crippen molar-refractivity contribution in [3.63, 3.8) is 0 Å². The average molecular weight is 326 g/mol. The fourth-order valence-electron chi connectivity index (χ4n) is 2.45. The maximum absolute atomic E-state index is 12.0. The van der Waals surface area contributed by atoms with Crippen LogP contribution in [0, 0.1) is 13.8 Å². The summed E-state index contributed by atoms with van der Waals surface area (Å²) in [6.07, 6.45) is 1.40. The number of nitrogens with one attached hydrogen (secondary N) is 2. The maximum atomic E-state index is 12.0. The van der Waals surface area contributed by atoms with Crippen LogP contribution < -0.4 is 15.4 Å². The number of carbonyl (C=O) groups excluding carboxylic acids is 1. The van der Waals surface area contributed by atoms with Crippen molar-refractivity contribution in [1.82, 2.24) is 5.32 Å². The number of aryl methyl sites for hydroxylation is 1. The Bertz CT molecular complexity index is 666. The first-order valence-electron chi connectivity index (χ1n) is 8.30. The predicted octanol–water partition coefficient (Wildman–Crippen LogP) is 3.47. The summed E-state index contributed by atoms with van der Waals surface area (Å²) in [4.78, 5) is 12.0. The molecule has 4 nitrogen and oxygen atoms in total. The lowest BCUT2D eigenvalue weighted by Crippen LogP contribution is -2.23. The highest BCUT2D eigenvalue weighted by Gasteiger charge is 2.05.